The summed E-state index contributed by atoms with van der Waals surface area (Å²) in [5.41, 5.74) is 6.36. The third kappa shape index (κ3) is 3.67. The van der Waals surface area contributed by atoms with Crippen LogP contribution in [0, 0.1) is 0 Å². The molecule has 0 amide bonds. The van der Waals surface area contributed by atoms with E-state index in [-0.39, 0.29) is 5.84 Å². The lowest BCUT2D eigenvalue weighted by atomic mass is 10.1. The van der Waals surface area contributed by atoms with Crippen LogP contribution in [0.2, 0.25) is 0 Å². The molecule has 0 radical (unpaired) electrons. The molecule has 0 spiro atoms. The molecule has 0 saturated heterocycles. The summed E-state index contributed by atoms with van der Waals surface area (Å²) in [6, 6.07) is 3.48. The van der Waals surface area contributed by atoms with Crippen molar-refractivity contribution in [3.63, 3.8) is 0 Å². The smallest absolute Gasteiger partial charge is 0.203 e. The Morgan fingerprint density at radius 1 is 1.00 bits per heavy atom. The standard InChI is InChI=1S/C13H21N3O3/c1-4-17-10-7-9(13(14)16-15)8-11(18-5-2)12(10)19-6-3/h7-8H,4-6,15H2,1-3H3,(H2,14,16). The molecular formula is C13H21N3O3. The molecule has 0 unspecified atom stereocenters. The van der Waals surface area contributed by atoms with Crippen molar-refractivity contribution in [3.8, 4) is 17.2 Å². The summed E-state index contributed by atoms with van der Waals surface area (Å²) in [6.45, 7) is 7.21. The van der Waals surface area contributed by atoms with Crippen molar-refractivity contribution in [1.29, 1.82) is 0 Å². The second-order valence-electron chi connectivity index (χ2n) is 3.62. The topological polar surface area (TPSA) is 92.1 Å². The molecule has 0 aromatic heterocycles. The average molecular weight is 267 g/mol. The van der Waals surface area contributed by atoms with E-state index >= 15 is 0 Å². The molecule has 4 N–H and O–H groups in total. The Balaban J connectivity index is 3.33. The van der Waals surface area contributed by atoms with Crippen LogP contribution in [0.25, 0.3) is 0 Å². The van der Waals surface area contributed by atoms with E-state index in [9.17, 15) is 0 Å². The van der Waals surface area contributed by atoms with E-state index in [4.69, 9.17) is 25.8 Å². The maximum atomic E-state index is 5.72. The quantitative estimate of drug-likeness (QED) is 0.338. The number of nitrogens with zero attached hydrogens (tertiary/aromatic N) is 1. The van der Waals surface area contributed by atoms with Crippen LogP contribution >= 0.6 is 0 Å². The van der Waals surface area contributed by atoms with Gasteiger partial charge in [-0.15, -0.1) is 0 Å². The van der Waals surface area contributed by atoms with Crippen LogP contribution in [-0.2, 0) is 0 Å². The van der Waals surface area contributed by atoms with Gasteiger partial charge in [0.2, 0.25) is 5.75 Å². The van der Waals surface area contributed by atoms with Crippen molar-refractivity contribution in [1.82, 2.24) is 0 Å². The first-order valence-corrected chi connectivity index (χ1v) is 6.27. The first kappa shape index (κ1) is 14.9. The third-order valence-electron chi connectivity index (χ3n) is 2.34. The highest BCUT2D eigenvalue weighted by molar-refractivity contribution is 5.98. The molecule has 0 aliphatic heterocycles. The zero-order valence-corrected chi connectivity index (χ0v) is 11.6. The highest BCUT2D eigenvalue weighted by Gasteiger charge is 2.16. The van der Waals surface area contributed by atoms with E-state index in [1.807, 2.05) is 20.8 Å². The van der Waals surface area contributed by atoms with E-state index in [1.165, 1.54) is 0 Å². The number of ether oxygens (including phenoxy) is 3. The molecular weight excluding hydrogens is 246 g/mol. The van der Waals surface area contributed by atoms with E-state index in [0.717, 1.165) is 0 Å². The molecule has 0 saturated carbocycles. The summed E-state index contributed by atoms with van der Waals surface area (Å²) in [7, 11) is 0. The average Bonchev–Trinajstić information content (AvgIpc) is 2.41. The predicted molar refractivity (Wildman–Crippen MR) is 74.9 cm³/mol. The Bertz CT molecular complexity index is 420. The minimum Gasteiger partial charge on any atom is -0.490 e. The molecule has 0 fully saturated rings. The van der Waals surface area contributed by atoms with Gasteiger partial charge in [-0.1, -0.05) is 0 Å². The molecule has 0 atom stereocenters. The Kier molecular flexibility index (Phi) is 5.78. The fraction of sp³-hybridized carbons (Fsp3) is 0.462. The van der Waals surface area contributed by atoms with Crippen LogP contribution in [0.1, 0.15) is 26.3 Å². The molecule has 1 aromatic rings. The minimum atomic E-state index is 0.213. The Labute approximate surface area is 113 Å². The Morgan fingerprint density at radius 2 is 1.47 bits per heavy atom. The van der Waals surface area contributed by atoms with Gasteiger partial charge < -0.3 is 25.8 Å². The van der Waals surface area contributed by atoms with Gasteiger partial charge in [0.15, 0.2) is 17.3 Å². The summed E-state index contributed by atoms with van der Waals surface area (Å²) in [5.74, 6) is 7.11. The van der Waals surface area contributed by atoms with Gasteiger partial charge in [-0.2, -0.15) is 5.10 Å². The van der Waals surface area contributed by atoms with Crippen molar-refractivity contribution >= 4 is 5.84 Å². The highest BCUT2D eigenvalue weighted by atomic mass is 16.5. The molecule has 106 valence electrons. The SMILES string of the molecule is CCOc1cc(/C(N)=N/N)cc(OCC)c1OCC. The highest BCUT2D eigenvalue weighted by Crippen LogP contribution is 2.39. The zero-order chi connectivity index (χ0) is 14.3. The van der Waals surface area contributed by atoms with Crippen molar-refractivity contribution in [2.45, 2.75) is 20.8 Å². The van der Waals surface area contributed by atoms with Crippen LogP contribution in [0.5, 0.6) is 17.2 Å². The molecule has 6 nitrogen and oxygen atoms in total. The van der Waals surface area contributed by atoms with Crippen molar-refractivity contribution in [2.24, 2.45) is 16.7 Å². The van der Waals surface area contributed by atoms with E-state index in [2.05, 4.69) is 5.10 Å². The Morgan fingerprint density at radius 3 is 1.84 bits per heavy atom. The molecule has 0 aliphatic rings. The molecule has 0 aliphatic carbocycles. The molecule has 0 bridgehead atoms. The molecule has 1 rings (SSSR count). The first-order valence-electron chi connectivity index (χ1n) is 6.27. The molecule has 19 heavy (non-hydrogen) atoms. The number of benzene rings is 1. The van der Waals surface area contributed by atoms with E-state index < -0.39 is 0 Å². The van der Waals surface area contributed by atoms with Gasteiger partial charge in [0, 0.05) is 5.56 Å². The summed E-state index contributed by atoms with van der Waals surface area (Å²) in [6.07, 6.45) is 0. The second-order valence-corrected chi connectivity index (χ2v) is 3.62. The normalized spacial score (nSPS) is 11.2. The summed E-state index contributed by atoms with van der Waals surface area (Å²) < 4.78 is 16.7. The van der Waals surface area contributed by atoms with Crippen LogP contribution in [0.3, 0.4) is 0 Å². The van der Waals surface area contributed by atoms with Crippen LogP contribution < -0.4 is 25.8 Å². The number of rotatable bonds is 7. The summed E-state index contributed by atoms with van der Waals surface area (Å²) in [5, 5.41) is 3.48. The van der Waals surface area contributed by atoms with Gasteiger partial charge in [-0.05, 0) is 32.9 Å². The van der Waals surface area contributed by atoms with E-state index in [1.54, 1.807) is 12.1 Å². The number of amidine groups is 1. The van der Waals surface area contributed by atoms with Gasteiger partial charge in [-0.25, -0.2) is 0 Å². The number of hydrogen-bond acceptors (Lipinski definition) is 5. The maximum Gasteiger partial charge on any atom is 0.203 e. The number of hydrogen-bond donors (Lipinski definition) is 2. The Hall–Kier alpha value is -2.11. The van der Waals surface area contributed by atoms with Crippen molar-refractivity contribution < 1.29 is 14.2 Å². The lowest BCUT2D eigenvalue weighted by molar-refractivity contribution is 0.260. The summed E-state index contributed by atoms with van der Waals surface area (Å²) in [4.78, 5) is 0. The zero-order valence-electron chi connectivity index (χ0n) is 11.6. The number of hydrazone groups is 1. The van der Waals surface area contributed by atoms with Gasteiger partial charge >= 0.3 is 0 Å². The lowest BCUT2D eigenvalue weighted by Crippen LogP contribution is -2.16. The van der Waals surface area contributed by atoms with E-state index in [0.29, 0.717) is 42.6 Å². The lowest BCUT2D eigenvalue weighted by Gasteiger charge is -2.16. The molecule has 1 aromatic carbocycles. The number of nitrogens with two attached hydrogens (primary N) is 2. The fourth-order valence-corrected chi connectivity index (χ4v) is 1.61. The molecule has 6 heteroatoms. The third-order valence-corrected chi connectivity index (χ3v) is 2.34. The first-order chi connectivity index (χ1) is 9.17. The van der Waals surface area contributed by atoms with Crippen molar-refractivity contribution in [3.05, 3.63) is 17.7 Å². The van der Waals surface area contributed by atoms with Crippen molar-refractivity contribution in [2.75, 3.05) is 19.8 Å². The van der Waals surface area contributed by atoms with Gasteiger partial charge in [0.05, 0.1) is 19.8 Å². The fourth-order valence-electron chi connectivity index (χ4n) is 1.61. The largest absolute Gasteiger partial charge is 0.490 e. The van der Waals surface area contributed by atoms with Crippen LogP contribution in [0.4, 0.5) is 0 Å². The van der Waals surface area contributed by atoms with Gasteiger partial charge in [-0.3, -0.25) is 0 Å². The summed E-state index contributed by atoms with van der Waals surface area (Å²) >= 11 is 0. The van der Waals surface area contributed by atoms with Gasteiger partial charge in [0.1, 0.15) is 0 Å². The van der Waals surface area contributed by atoms with Gasteiger partial charge in [0.25, 0.3) is 0 Å². The second kappa shape index (κ2) is 7.35. The van der Waals surface area contributed by atoms with Crippen LogP contribution in [0.15, 0.2) is 17.2 Å². The maximum absolute atomic E-state index is 5.72. The molecule has 0 heterocycles. The van der Waals surface area contributed by atoms with Crippen LogP contribution in [-0.4, -0.2) is 25.7 Å². The predicted octanol–water partition coefficient (Wildman–Crippen LogP) is 1.46. The minimum absolute atomic E-state index is 0.213. The monoisotopic (exact) mass is 267 g/mol.